The molecule has 104 valence electrons. The van der Waals surface area contributed by atoms with Gasteiger partial charge >= 0.3 is 5.97 Å². The molecule has 0 aliphatic heterocycles. The lowest BCUT2D eigenvalue weighted by Gasteiger charge is -2.09. The third kappa shape index (κ3) is 3.48. The molecule has 4 nitrogen and oxygen atoms in total. The van der Waals surface area contributed by atoms with Crippen molar-refractivity contribution in [1.29, 1.82) is 0 Å². The van der Waals surface area contributed by atoms with Gasteiger partial charge in [0.15, 0.2) is 6.61 Å². The Morgan fingerprint density at radius 1 is 1.35 bits per heavy atom. The smallest absolute Gasteiger partial charge is 0.344 e. The molecule has 0 radical (unpaired) electrons. The van der Waals surface area contributed by atoms with Crippen LogP contribution in [0.25, 0.3) is 10.9 Å². The molecule has 0 spiro atoms. The Kier molecular flexibility index (Phi) is 4.58. The number of halogens is 1. The third-order valence-corrected chi connectivity index (χ3v) is 2.83. The summed E-state index contributed by atoms with van der Waals surface area (Å²) in [6.07, 6.45) is 1.64. The number of benzene rings is 1. The number of fused-ring (bicyclic) bond motifs is 1. The fourth-order valence-corrected chi connectivity index (χ4v) is 1.83. The lowest BCUT2D eigenvalue weighted by Crippen LogP contribution is -2.15. The lowest BCUT2D eigenvalue weighted by atomic mass is 10.2. The van der Waals surface area contributed by atoms with E-state index in [9.17, 15) is 4.79 Å². The van der Waals surface area contributed by atoms with Crippen LogP contribution in [0, 0.1) is 0 Å². The zero-order chi connectivity index (χ0) is 14.5. The molecule has 0 bridgehead atoms. The molecular formula is C15H14ClNO3. The summed E-state index contributed by atoms with van der Waals surface area (Å²) in [6, 6.07) is 7.03. The standard InChI is InChI=1S/C15H14ClNO3/c1-10(2)8-20-14(18)9-19-13-6-5-12(16)11-4-3-7-17-15(11)13/h3-7H,1,8-9H2,2H3. The number of hydrogen-bond acceptors (Lipinski definition) is 4. The summed E-state index contributed by atoms with van der Waals surface area (Å²) in [7, 11) is 0. The molecule has 0 unspecified atom stereocenters. The van der Waals surface area contributed by atoms with Crippen molar-refractivity contribution in [2.45, 2.75) is 6.92 Å². The van der Waals surface area contributed by atoms with Crippen molar-refractivity contribution >= 4 is 28.5 Å². The second kappa shape index (κ2) is 6.39. The Morgan fingerprint density at radius 3 is 2.90 bits per heavy atom. The summed E-state index contributed by atoms with van der Waals surface area (Å²) < 4.78 is 10.4. The molecule has 1 aromatic carbocycles. The van der Waals surface area contributed by atoms with Crippen LogP contribution >= 0.6 is 11.6 Å². The van der Waals surface area contributed by atoms with Gasteiger partial charge in [0.05, 0.1) is 5.02 Å². The maximum absolute atomic E-state index is 11.5. The second-order valence-corrected chi connectivity index (χ2v) is 4.76. The van der Waals surface area contributed by atoms with E-state index in [1.807, 2.05) is 6.07 Å². The van der Waals surface area contributed by atoms with E-state index >= 15 is 0 Å². The van der Waals surface area contributed by atoms with E-state index in [1.165, 1.54) is 0 Å². The first-order valence-electron chi connectivity index (χ1n) is 6.04. The maximum Gasteiger partial charge on any atom is 0.344 e. The van der Waals surface area contributed by atoms with Crippen molar-refractivity contribution in [2.75, 3.05) is 13.2 Å². The van der Waals surface area contributed by atoms with Crippen LogP contribution in [-0.4, -0.2) is 24.2 Å². The Morgan fingerprint density at radius 2 is 2.15 bits per heavy atom. The average Bonchev–Trinajstić information content (AvgIpc) is 2.45. The molecule has 0 N–H and O–H groups in total. The highest BCUT2D eigenvalue weighted by Gasteiger charge is 2.09. The van der Waals surface area contributed by atoms with Crippen molar-refractivity contribution < 1.29 is 14.3 Å². The monoisotopic (exact) mass is 291 g/mol. The number of rotatable bonds is 5. The van der Waals surface area contributed by atoms with Gasteiger partial charge in [0.2, 0.25) is 0 Å². The van der Waals surface area contributed by atoms with E-state index < -0.39 is 5.97 Å². The van der Waals surface area contributed by atoms with Crippen LogP contribution in [0.1, 0.15) is 6.92 Å². The maximum atomic E-state index is 11.5. The second-order valence-electron chi connectivity index (χ2n) is 4.35. The number of aromatic nitrogens is 1. The van der Waals surface area contributed by atoms with E-state index in [0.29, 0.717) is 16.3 Å². The van der Waals surface area contributed by atoms with Crippen molar-refractivity contribution in [3.63, 3.8) is 0 Å². The van der Waals surface area contributed by atoms with Crippen molar-refractivity contribution in [1.82, 2.24) is 4.98 Å². The summed E-state index contributed by atoms with van der Waals surface area (Å²) >= 11 is 6.08. The predicted molar refractivity (Wildman–Crippen MR) is 78.0 cm³/mol. The van der Waals surface area contributed by atoms with Gasteiger partial charge in [0.25, 0.3) is 0 Å². The number of esters is 1. The fourth-order valence-electron chi connectivity index (χ4n) is 1.61. The normalized spacial score (nSPS) is 10.3. The van der Waals surface area contributed by atoms with E-state index in [-0.39, 0.29) is 13.2 Å². The van der Waals surface area contributed by atoms with Crippen LogP contribution in [0.15, 0.2) is 42.6 Å². The van der Waals surface area contributed by atoms with Gasteiger partial charge < -0.3 is 9.47 Å². The molecule has 0 aliphatic rings. The minimum atomic E-state index is -0.452. The highest BCUT2D eigenvalue weighted by atomic mass is 35.5. The average molecular weight is 292 g/mol. The molecule has 0 atom stereocenters. The summed E-state index contributed by atoms with van der Waals surface area (Å²) in [5.41, 5.74) is 1.39. The van der Waals surface area contributed by atoms with Gasteiger partial charge in [-0.15, -0.1) is 0 Å². The number of hydrogen-bond donors (Lipinski definition) is 0. The van der Waals surface area contributed by atoms with E-state index in [1.54, 1.807) is 31.3 Å². The van der Waals surface area contributed by atoms with E-state index in [2.05, 4.69) is 11.6 Å². The number of pyridine rings is 1. The van der Waals surface area contributed by atoms with Gasteiger partial charge in [-0.1, -0.05) is 18.2 Å². The summed E-state index contributed by atoms with van der Waals surface area (Å²) in [6.45, 7) is 5.45. The summed E-state index contributed by atoms with van der Waals surface area (Å²) in [4.78, 5) is 15.7. The minimum absolute atomic E-state index is 0.180. The van der Waals surface area contributed by atoms with Gasteiger partial charge in [0, 0.05) is 11.6 Å². The SMILES string of the molecule is C=C(C)COC(=O)COc1ccc(Cl)c2cccnc12. The van der Waals surface area contributed by atoms with Gasteiger partial charge in [-0.05, 0) is 36.8 Å². The quantitative estimate of drug-likeness (QED) is 0.626. The van der Waals surface area contributed by atoms with Crippen molar-refractivity contribution in [3.8, 4) is 5.75 Å². The molecule has 1 aromatic heterocycles. The lowest BCUT2D eigenvalue weighted by molar-refractivity contribution is -0.144. The van der Waals surface area contributed by atoms with Gasteiger partial charge in [-0.2, -0.15) is 0 Å². The Hall–Kier alpha value is -2.07. The van der Waals surface area contributed by atoms with Crippen LogP contribution in [-0.2, 0) is 9.53 Å². The van der Waals surface area contributed by atoms with Crippen LogP contribution < -0.4 is 4.74 Å². The molecule has 5 heteroatoms. The molecular weight excluding hydrogens is 278 g/mol. The van der Waals surface area contributed by atoms with Crippen LogP contribution in [0.3, 0.4) is 0 Å². The molecule has 0 amide bonds. The Bertz CT molecular complexity index is 655. The number of nitrogens with zero attached hydrogens (tertiary/aromatic N) is 1. The molecule has 0 saturated heterocycles. The molecule has 0 saturated carbocycles. The van der Waals surface area contributed by atoms with Gasteiger partial charge in [-0.3, -0.25) is 4.98 Å². The zero-order valence-electron chi connectivity index (χ0n) is 11.1. The molecule has 2 aromatic rings. The van der Waals surface area contributed by atoms with Gasteiger partial charge in [0.1, 0.15) is 17.9 Å². The van der Waals surface area contributed by atoms with E-state index in [4.69, 9.17) is 21.1 Å². The Labute approximate surface area is 122 Å². The van der Waals surface area contributed by atoms with E-state index in [0.717, 1.165) is 11.0 Å². The number of ether oxygens (including phenoxy) is 2. The first kappa shape index (κ1) is 14.3. The summed E-state index contributed by atoms with van der Waals surface area (Å²) in [5.74, 6) is 0.0457. The third-order valence-electron chi connectivity index (χ3n) is 2.50. The minimum Gasteiger partial charge on any atom is -0.480 e. The Balaban J connectivity index is 2.09. The molecule has 20 heavy (non-hydrogen) atoms. The number of carbonyl (C=O) groups excluding carboxylic acids is 1. The van der Waals surface area contributed by atoms with Crippen molar-refractivity contribution in [3.05, 3.63) is 47.6 Å². The van der Waals surface area contributed by atoms with Crippen LogP contribution in [0.5, 0.6) is 5.75 Å². The zero-order valence-corrected chi connectivity index (χ0v) is 11.8. The highest BCUT2D eigenvalue weighted by Crippen LogP contribution is 2.29. The van der Waals surface area contributed by atoms with Crippen LogP contribution in [0.4, 0.5) is 0 Å². The molecule has 0 aliphatic carbocycles. The fraction of sp³-hybridized carbons (Fsp3) is 0.200. The highest BCUT2D eigenvalue weighted by molar-refractivity contribution is 6.35. The topological polar surface area (TPSA) is 48.4 Å². The summed E-state index contributed by atoms with van der Waals surface area (Å²) in [5, 5.41) is 1.37. The molecule has 0 fully saturated rings. The van der Waals surface area contributed by atoms with Gasteiger partial charge in [-0.25, -0.2) is 4.79 Å². The first-order chi connectivity index (χ1) is 9.58. The predicted octanol–water partition coefficient (Wildman–Crippen LogP) is 3.39. The number of carbonyl (C=O) groups is 1. The largest absolute Gasteiger partial charge is 0.480 e. The van der Waals surface area contributed by atoms with Crippen LogP contribution in [0.2, 0.25) is 5.02 Å². The molecule has 2 rings (SSSR count). The molecule has 1 heterocycles. The first-order valence-corrected chi connectivity index (χ1v) is 6.42. The van der Waals surface area contributed by atoms with Crippen molar-refractivity contribution in [2.24, 2.45) is 0 Å².